The van der Waals surface area contributed by atoms with Crippen molar-refractivity contribution in [2.75, 3.05) is 12.0 Å². The quantitative estimate of drug-likeness (QED) is 0.337. The van der Waals surface area contributed by atoms with Gasteiger partial charge < -0.3 is 15.3 Å². The van der Waals surface area contributed by atoms with Gasteiger partial charge in [-0.15, -0.1) is 0 Å². The molecule has 3 N–H and O–H groups in total. The zero-order valence-corrected chi connectivity index (χ0v) is 10.8. The van der Waals surface area contributed by atoms with Crippen molar-refractivity contribution in [2.24, 2.45) is 0 Å². The Hall–Kier alpha value is -1.69. The number of benzene rings is 1. The number of carbonyl (C=O) groups is 1. The third kappa shape index (κ3) is 4.36. The lowest BCUT2D eigenvalue weighted by Gasteiger charge is -2.11. The van der Waals surface area contributed by atoms with Gasteiger partial charge in [0.25, 0.3) is 0 Å². The van der Waals surface area contributed by atoms with Gasteiger partial charge in [-0.1, -0.05) is 15.9 Å². The highest BCUT2D eigenvalue weighted by Gasteiger charge is 2.09. The average molecular weight is 301 g/mol. The number of esters is 1. The van der Waals surface area contributed by atoms with Gasteiger partial charge in [-0.2, -0.15) is 0 Å². The summed E-state index contributed by atoms with van der Waals surface area (Å²) in [5, 5.41) is 8.87. The molecule has 1 aromatic rings. The van der Waals surface area contributed by atoms with E-state index in [-0.39, 0.29) is 12.3 Å². The largest absolute Gasteiger partial charge is 0.513 e. The monoisotopic (exact) mass is 300 g/mol. The van der Waals surface area contributed by atoms with Crippen molar-refractivity contribution in [3.8, 4) is 0 Å². The Morgan fingerprint density at radius 2 is 2.12 bits per heavy atom. The standard InChI is InChI=1S/C11H13BrN2O3/c1-2-17-11(16)10(7-15)14-13-9-5-3-8(12)4-6-9/h3-7,13-15H,2H2,1H3/b10-7+. The van der Waals surface area contributed by atoms with Crippen LogP contribution in [-0.2, 0) is 9.53 Å². The smallest absolute Gasteiger partial charge is 0.359 e. The molecular weight excluding hydrogens is 288 g/mol. The lowest BCUT2D eigenvalue weighted by atomic mass is 10.3. The van der Waals surface area contributed by atoms with Gasteiger partial charge in [0.2, 0.25) is 0 Å². The number of hydrazine groups is 1. The molecule has 0 heterocycles. The molecule has 0 amide bonds. The van der Waals surface area contributed by atoms with Crippen molar-refractivity contribution < 1.29 is 14.6 Å². The molecule has 0 radical (unpaired) electrons. The second-order valence-electron chi connectivity index (χ2n) is 3.02. The lowest BCUT2D eigenvalue weighted by molar-refractivity contribution is -0.139. The van der Waals surface area contributed by atoms with Crippen LogP contribution >= 0.6 is 15.9 Å². The third-order valence-corrected chi connectivity index (χ3v) is 2.34. The lowest BCUT2D eigenvalue weighted by Crippen LogP contribution is -2.27. The summed E-state index contributed by atoms with van der Waals surface area (Å²) in [6.45, 7) is 1.94. The first-order valence-corrected chi connectivity index (χ1v) is 5.75. The van der Waals surface area contributed by atoms with Crippen molar-refractivity contribution in [3.05, 3.63) is 40.7 Å². The van der Waals surface area contributed by atoms with E-state index in [1.54, 1.807) is 19.1 Å². The van der Waals surface area contributed by atoms with E-state index in [1.807, 2.05) is 12.1 Å². The Morgan fingerprint density at radius 1 is 1.47 bits per heavy atom. The summed E-state index contributed by atoms with van der Waals surface area (Å²) in [7, 11) is 0. The molecule has 1 rings (SSSR count). The number of nitrogens with one attached hydrogen (secondary N) is 2. The second kappa shape index (κ2) is 6.80. The fourth-order valence-electron chi connectivity index (χ4n) is 1.02. The molecule has 0 aliphatic rings. The van der Waals surface area contributed by atoms with E-state index in [2.05, 4.69) is 26.8 Å². The molecule has 6 heteroatoms. The van der Waals surface area contributed by atoms with Crippen molar-refractivity contribution in [1.82, 2.24) is 5.43 Å². The third-order valence-electron chi connectivity index (χ3n) is 1.81. The maximum absolute atomic E-state index is 11.3. The summed E-state index contributed by atoms with van der Waals surface area (Å²) in [6.07, 6.45) is 0.657. The van der Waals surface area contributed by atoms with E-state index >= 15 is 0 Å². The molecule has 0 saturated carbocycles. The Labute approximate surface area is 108 Å². The Morgan fingerprint density at radius 3 is 2.65 bits per heavy atom. The van der Waals surface area contributed by atoms with Crippen LogP contribution in [0.25, 0.3) is 0 Å². The van der Waals surface area contributed by atoms with E-state index in [9.17, 15) is 4.79 Å². The van der Waals surface area contributed by atoms with Crippen LogP contribution in [0.15, 0.2) is 40.7 Å². The van der Waals surface area contributed by atoms with Gasteiger partial charge in [0, 0.05) is 4.47 Å². The highest BCUT2D eigenvalue weighted by atomic mass is 79.9. The minimum Gasteiger partial charge on any atom is -0.513 e. The van der Waals surface area contributed by atoms with Crippen LogP contribution < -0.4 is 10.9 Å². The number of aliphatic hydroxyl groups is 1. The summed E-state index contributed by atoms with van der Waals surface area (Å²) >= 11 is 3.31. The summed E-state index contributed by atoms with van der Waals surface area (Å²) in [6, 6.07) is 7.29. The fraction of sp³-hybridized carbons (Fsp3) is 0.182. The number of rotatable bonds is 5. The van der Waals surface area contributed by atoms with E-state index in [0.29, 0.717) is 6.26 Å². The summed E-state index contributed by atoms with van der Waals surface area (Å²) < 4.78 is 5.68. The Kier molecular flexibility index (Phi) is 5.35. The van der Waals surface area contributed by atoms with Gasteiger partial charge in [0.05, 0.1) is 12.3 Å². The number of hydrogen-bond donors (Lipinski definition) is 3. The molecule has 0 aliphatic heterocycles. The zero-order valence-electron chi connectivity index (χ0n) is 9.24. The van der Waals surface area contributed by atoms with Gasteiger partial charge in [0.1, 0.15) is 6.26 Å². The summed E-state index contributed by atoms with van der Waals surface area (Å²) in [5.41, 5.74) is 6.01. The number of aliphatic hydroxyl groups excluding tert-OH is 1. The molecule has 0 fully saturated rings. The molecule has 1 aromatic carbocycles. The molecule has 0 saturated heterocycles. The fourth-order valence-corrected chi connectivity index (χ4v) is 1.28. The maximum Gasteiger partial charge on any atom is 0.359 e. The second-order valence-corrected chi connectivity index (χ2v) is 3.94. The van der Waals surface area contributed by atoms with Gasteiger partial charge in [-0.05, 0) is 31.2 Å². The SMILES string of the molecule is CCOC(=O)/C(=C\O)NNc1ccc(Br)cc1. The predicted octanol–water partition coefficient (Wildman–Crippen LogP) is 2.33. The first-order chi connectivity index (χ1) is 8.17. The van der Waals surface area contributed by atoms with E-state index in [1.165, 1.54) is 0 Å². The van der Waals surface area contributed by atoms with Crippen LogP contribution in [0.4, 0.5) is 5.69 Å². The molecule has 0 unspecified atom stereocenters. The topological polar surface area (TPSA) is 70.6 Å². The van der Waals surface area contributed by atoms with Crippen molar-refractivity contribution in [1.29, 1.82) is 0 Å². The van der Waals surface area contributed by atoms with Gasteiger partial charge >= 0.3 is 5.97 Å². The Balaban J connectivity index is 2.54. The van der Waals surface area contributed by atoms with Crippen molar-refractivity contribution in [3.63, 3.8) is 0 Å². The zero-order chi connectivity index (χ0) is 12.7. The van der Waals surface area contributed by atoms with Crippen LogP contribution in [0.3, 0.4) is 0 Å². The predicted molar refractivity (Wildman–Crippen MR) is 68.2 cm³/mol. The van der Waals surface area contributed by atoms with E-state index in [4.69, 9.17) is 9.84 Å². The van der Waals surface area contributed by atoms with E-state index < -0.39 is 5.97 Å². The number of anilines is 1. The number of halogens is 1. The molecule has 0 spiro atoms. The minimum absolute atomic E-state index is 0.0604. The maximum atomic E-state index is 11.3. The van der Waals surface area contributed by atoms with E-state index in [0.717, 1.165) is 10.2 Å². The number of hydrogen-bond acceptors (Lipinski definition) is 5. The summed E-state index contributed by atoms with van der Waals surface area (Å²) in [4.78, 5) is 11.3. The van der Waals surface area contributed by atoms with Crippen molar-refractivity contribution in [2.45, 2.75) is 6.92 Å². The number of ether oxygens (including phenoxy) is 1. The minimum atomic E-state index is -0.625. The van der Waals surface area contributed by atoms with Crippen molar-refractivity contribution >= 4 is 27.6 Å². The molecular formula is C11H13BrN2O3. The van der Waals surface area contributed by atoms with Crippen LogP contribution in [0, 0.1) is 0 Å². The Bertz CT molecular complexity index is 404. The highest BCUT2D eigenvalue weighted by Crippen LogP contribution is 2.13. The van der Waals surface area contributed by atoms with Crippen LogP contribution in [-0.4, -0.2) is 17.7 Å². The first-order valence-electron chi connectivity index (χ1n) is 4.96. The van der Waals surface area contributed by atoms with Gasteiger partial charge in [0.15, 0.2) is 5.70 Å². The molecule has 5 nitrogen and oxygen atoms in total. The molecule has 0 atom stereocenters. The average Bonchev–Trinajstić information content (AvgIpc) is 2.32. The van der Waals surface area contributed by atoms with Crippen LogP contribution in [0.5, 0.6) is 0 Å². The molecule has 17 heavy (non-hydrogen) atoms. The van der Waals surface area contributed by atoms with Gasteiger partial charge in [-0.3, -0.25) is 5.43 Å². The molecule has 0 aliphatic carbocycles. The normalized spacial score (nSPS) is 10.8. The molecule has 0 bridgehead atoms. The first kappa shape index (κ1) is 13.4. The number of carbonyl (C=O) groups excluding carboxylic acids is 1. The molecule has 92 valence electrons. The van der Waals surface area contributed by atoms with Crippen LogP contribution in [0.1, 0.15) is 6.92 Å². The molecule has 0 aromatic heterocycles. The summed E-state index contributed by atoms with van der Waals surface area (Å²) in [5.74, 6) is -0.625. The highest BCUT2D eigenvalue weighted by molar-refractivity contribution is 9.10. The van der Waals surface area contributed by atoms with Crippen LogP contribution in [0.2, 0.25) is 0 Å². The van der Waals surface area contributed by atoms with Gasteiger partial charge in [-0.25, -0.2) is 4.79 Å².